The van der Waals surface area contributed by atoms with E-state index in [2.05, 4.69) is 0 Å². The van der Waals surface area contributed by atoms with Gasteiger partial charge in [0.2, 0.25) is 11.6 Å². The molecule has 1 aromatic rings. The minimum atomic E-state index is -0.563. The summed E-state index contributed by atoms with van der Waals surface area (Å²) in [4.78, 5) is 35.2. The summed E-state index contributed by atoms with van der Waals surface area (Å²) in [5.74, 6) is -0.845. The normalized spacial score (nSPS) is 13.9. The third-order valence-corrected chi connectivity index (χ3v) is 4.90. The Kier molecular flexibility index (Phi) is 7.76. The first-order valence-corrected chi connectivity index (χ1v) is 9.62. The van der Waals surface area contributed by atoms with Gasteiger partial charge in [0.05, 0.1) is 0 Å². The molecule has 0 spiro atoms. The van der Waals surface area contributed by atoms with Crippen LogP contribution in [-0.2, 0) is 9.59 Å². The first-order chi connectivity index (χ1) is 12.5. The Morgan fingerprint density at radius 2 is 1.35 bits per heavy atom. The molecule has 1 aliphatic carbocycles. The topological polar surface area (TPSA) is 71.4 Å². The maximum atomic E-state index is 12.2. The number of aliphatic hydroxyl groups excluding tert-OH is 1. The minimum absolute atomic E-state index is 0.0318. The van der Waals surface area contributed by atoms with Crippen LogP contribution in [0.2, 0.25) is 0 Å². The number of benzene rings is 1. The number of ketones is 3. The highest BCUT2D eigenvalue weighted by atomic mass is 16.3. The van der Waals surface area contributed by atoms with Crippen LogP contribution in [0.3, 0.4) is 0 Å². The number of carbonyl (C=O) groups is 3. The summed E-state index contributed by atoms with van der Waals surface area (Å²) < 4.78 is 0. The van der Waals surface area contributed by atoms with Gasteiger partial charge >= 0.3 is 0 Å². The van der Waals surface area contributed by atoms with Gasteiger partial charge in [0.1, 0.15) is 11.5 Å². The molecule has 0 bridgehead atoms. The summed E-state index contributed by atoms with van der Waals surface area (Å²) in [5.41, 5.74) is 1.03. The minimum Gasteiger partial charge on any atom is -0.507 e. The van der Waals surface area contributed by atoms with Gasteiger partial charge in [0, 0.05) is 23.1 Å². The van der Waals surface area contributed by atoms with Gasteiger partial charge in [0.15, 0.2) is 0 Å². The van der Waals surface area contributed by atoms with E-state index in [1.54, 1.807) is 31.2 Å². The summed E-state index contributed by atoms with van der Waals surface area (Å²) in [6, 6.07) is 6.72. The predicted octanol–water partition coefficient (Wildman–Crippen LogP) is 5.21. The lowest BCUT2D eigenvalue weighted by Crippen LogP contribution is -2.24. The third kappa shape index (κ3) is 5.38. The Hall–Kier alpha value is -2.23. The number of rotatable bonds is 11. The molecule has 0 radical (unpaired) electrons. The smallest absolute Gasteiger partial charge is 0.234 e. The molecule has 0 aliphatic heterocycles. The Bertz CT molecular complexity index is 700. The van der Waals surface area contributed by atoms with Crippen molar-refractivity contribution in [3.63, 3.8) is 0 Å². The lowest BCUT2D eigenvalue weighted by atomic mass is 9.86. The van der Waals surface area contributed by atoms with Gasteiger partial charge in [-0.2, -0.15) is 0 Å². The number of Topliss-reactive ketones (excluding diaryl/α,β-unsaturated/α-hetero) is 3. The van der Waals surface area contributed by atoms with E-state index in [1.807, 2.05) is 0 Å². The summed E-state index contributed by atoms with van der Waals surface area (Å²) in [7, 11) is 0. The van der Waals surface area contributed by atoms with Crippen molar-refractivity contribution in [1.29, 1.82) is 0 Å². The molecule has 0 fully saturated rings. The van der Waals surface area contributed by atoms with Crippen molar-refractivity contribution in [1.82, 2.24) is 0 Å². The van der Waals surface area contributed by atoms with Gasteiger partial charge in [-0.05, 0) is 26.2 Å². The fraction of sp³-hybridized carbons (Fsp3) is 0.500. The molecule has 2 rings (SSSR count). The molecule has 140 valence electrons. The van der Waals surface area contributed by atoms with Gasteiger partial charge in [0.25, 0.3) is 0 Å². The molecule has 0 saturated carbocycles. The van der Waals surface area contributed by atoms with Crippen LogP contribution in [-0.4, -0.2) is 22.5 Å². The molecule has 0 amide bonds. The van der Waals surface area contributed by atoms with E-state index in [0.717, 1.165) is 51.4 Å². The summed E-state index contributed by atoms with van der Waals surface area (Å²) >= 11 is 0. The maximum absolute atomic E-state index is 12.2. The average molecular weight is 356 g/mol. The van der Waals surface area contributed by atoms with E-state index >= 15 is 0 Å². The van der Waals surface area contributed by atoms with Gasteiger partial charge < -0.3 is 9.90 Å². The van der Waals surface area contributed by atoms with Crippen LogP contribution < -0.4 is 0 Å². The van der Waals surface area contributed by atoms with Gasteiger partial charge in [-0.25, -0.2) is 0 Å². The Morgan fingerprint density at radius 3 is 1.96 bits per heavy atom. The predicted molar refractivity (Wildman–Crippen MR) is 102 cm³/mol. The second kappa shape index (κ2) is 10.0. The van der Waals surface area contributed by atoms with E-state index in [4.69, 9.17) is 0 Å². The van der Waals surface area contributed by atoms with Crippen molar-refractivity contribution in [3.05, 3.63) is 41.0 Å². The van der Waals surface area contributed by atoms with E-state index in [-0.39, 0.29) is 17.1 Å². The van der Waals surface area contributed by atoms with Crippen molar-refractivity contribution < 1.29 is 19.5 Å². The fourth-order valence-corrected chi connectivity index (χ4v) is 3.39. The maximum Gasteiger partial charge on any atom is 0.234 e. The van der Waals surface area contributed by atoms with Crippen LogP contribution in [0.4, 0.5) is 0 Å². The number of allylic oxidation sites excluding steroid dienone is 1. The highest BCUT2D eigenvalue weighted by molar-refractivity contribution is 6.52. The molecular weight excluding hydrogens is 328 g/mol. The molecule has 0 atom stereocenters. The Morgan fingerprint density at radius 1 is 0.808 bits per heavy atom. The standard InChI is InChI=1S/C22H28O4/c1-16(23)12-8-6-4-2-3-5-7-9-15-19-20(24)17-13-10-11-14-18(17)21(25)22(19)26/h10-11,13-14,24H,2-9,12,15H2,1H3. The van der Waals surface area contributed by atoms with Gasteiger partial charge in [-0.15, -0.1) is 0 Å². The van der Waals surface area contributed by atoms with E-state index in [0.29, 0.717) is 24.0 Å². The largest absolute Gasteiger partial charge is 0.507 e. The Labute approximate surface area is 155 Å². The molecule has 4 nitrogen and oxygen atoms in total. The molecule has 1 N–H and O–H groups in total. The molecule has 1 aliphatic rings. The molecule has 1 aromatic carbocycles. The molecule has 0 aromatic heterocycles. The molecule has 0 heterocycles. The van der Waals surface area contributed by atoms with Gasteiger partial charge in [-0.1, -0.05) is 62.8 Å². The van der Waals surface area contributed by atoms with E-state index in [1.165, 1.54) is 0 Å². The average Bonchev–Trinajstić information content (AvgIpc) is 2.63. The monoisotopic (exact) mass is 356 g/mol. The number of hydrogen-bond acceptors (Lipinski definition) is 4. The highest BCUT2D eigenvalue weighted by Gasteiger charge is 2.31. The zero-order chi connectivity index (χ0) is 18.9. The van der Waals surface area contributed by atoms with Gasteiger partial charge in [-0.3, -0.25) is 9.59 Å². The van der Waals surface area contributed by atoms with Crippen molar-refractivity contribution in [2.75, 3.05) is 0 Å². The van der Waals surface area contributed by atoms with Crippen molar-refractivity contribution >= 4 is 23.1 Å². The first kappa shape index (κ1) is 20.1. The second-order valence-electron chi connectivity index (χ2n) is 7.06. The number of unbranched alkanes of at least 4 members (excludes halogenated alkanes) is 7. The summed E-state index contributed by atoms with van der Waals surface area (Å²) in [6.07, 6.45) is 9.55. The molecule has 0 unspecified atom stereocenters. The van der Waals surface area contributed by atoms with Crippen LogP contribution in [0.1, 0.15) is 87.1 Å². The molecule has 0 saturated heterocycles. The van der Waals surface area contributed by atoms with Crippen LogP contribution >= 0.6 is 0 Å². The first-order valence-electron chi connectivity index (χ1n) is 9.62. The lowest BCUT2D eigenvalue weighted by molar-refractivity contribution is -0.117. The molecule has 26 heavy (non-hydrogen) atoms. The van der Waals surface area contributed by atoms with Crippen LogP contribution in [0.25, 0.3) is 5.76 Å². The lowest BCUT2D eigenvalue weighted by Gasteiger charge is -2.17. The zero-order valence-corrected chi connectivity index (χ0v) is 15.6. The number of aliphatic hydroxyl groups is 1. The number of hydrogen-bond donors (Lipinski definition) is 1. The molecule has 4 heteroatoms. The highest BCUT2D eigenvalue weighted by Crippen LogP contribution is 2.30. The van der Waals surface area contributed by atoms with Crippen molar-refractivity contribution in [2.45, 2.75) is 71.1 Å². The van der Waals surface area contributed by atoms with Crippen LogP contribution in [0.15, 0.2) is 29.8 Å². The third-order valence-electron chi connectivity index (χ3n) is 4.90. The van der Waals surface area contributed by atoms with Crippen LogP contribution in [0.5, 0.6) is 0 Å². The van der Waals surface area contributed by atoms with Crippen molar-refractivity contribution in [2.24, 2.45) is 0 Å². The number of carbonyl (C=O) groups excluding carboxylic acids is 3. The SMILES string of the molecule is CC(=O)CCCCCCCCCCC1=C(O)c2ccccc2C(=O)C1=O. The summed E-state index contributed by atoms with van der Waals surface area (Å²) in [6.45, 7) is 1.64. The Balaban J connectivity index is 1.70. The molecular formula is C22H28O4. The van der Waals surface area contributed by atoms with E-state index in [9.17, 15) is 19.5 Å². The number of fused-ring (bicyclic) bond motifs is 1. The summed E-state index contributed by atoms with van der Waals surface area (Å²) in [5, 5.41) is 10.4. The van der Waals surface area contributed by atoms with E-state index < -0.39 is 11.6 Å². The quantitative estimate of drug-likeness (QED) is 0.436. The van der Waals surface area contributed by atoms with Crippen molar-refractivity contribution in [3.8, 4) is 0 Å². The second-order valence-corrected chi connectivity index (χ2v) is 7.06. The zero-order valence-electron chi connectivity index (χ0n) is 15.6. The van der Waals surface area contributed by atoms with Crippen LogP contribution in [0, 0.1) is 0 Å². The fourth-order valence-electron chi connectivity index (χ4n) is 3.39.